The Morgan fingerprint density at radius 3 is 3.07 bits per heavy atom. The molecule has 0 bridgehead atoms. The van der Waals surface area contributed by atoms with Crippen molar-refractivity contribution in [3.8, 4) is 12.3 Å². The van der Waals surface area contributed by atoms with Gasteiger partial charge in [-0.1, -0.05) is 19.8 Å². The molecule has 0 aromatic heterocycles. The number of aliphatic hydroxyl groups is 1. The van der Waals surface area contributed by atoms with Gasteiger partial charge in [0.05, 0.1) is 5.60 Å². The summed E-state index contributed by atoms with van der Waals surface area (Å²) in [7, 11) is 0. The molecule has 2 atom stereocenters. The maximum absolute atomic E-state index is 10.2. The molecule has 0 saturated heterocycles. The van der Waals surface area contributed by atoms with Gasteiger partial charge in [-0.05, 0) is 18.8 Å². The SMILES string of the molecule is C#CCCNCC1(O)CCCC(C)C1. The third kappa shape index (κ3) is 3.69. The Labute approximate surface area is 87.1 Å². The Bertz CT molecular complexity index is 209. The molecule has 0 amide bonds. The van der Waals surface area contributed by atoms with Crippen molar-refractivity contribution in [3.05, 3.63) is 0 Å². The summed E-state index contributed by atoms with van der Waals surface area (Å²) in [5, 5.41) is 13.5. The Morgan fingerprint density at radius 2 is 2.43 bits per heavy atom. The second-order valence-corrected chi connectivity index (χ2v) is 4.56. The van der Waals surface area contributed by atoms with Gasteiger partial charge in [-0.2, -0.15) is 0 Å². The van der Waals surface area contributed by atoms with Crippen molar-refractivity contribution in [2.45, 2.75) is 44.6 Å². The van der Waals surface area contributed by atoms with E-state index in [1.807, 2.05) is 0 Å². The average Bonchev–Trinajstić information content (AvgIpc) is 2.12. The van der Waals surface area contributed by atoms with Gasteiger partial charge >= 0.3 is 0 Å². The van der Waals surface area contributed by atoms with Crippen LogP contribution in [0.4, 0.5) is 0 Å². The van der Waals surface area contributed by atoms with Crippen molar-refractivity contribution >= 4 is 0 Å². The molecule has 1 saturated carbocycles. The van der Waals surface area contributed by atoms with E-state index in [4.69, 9.17) is 6.42 Å². The van der Waals surface area contributed by atoms with Crippen LogP contribution in [0, 0.1) is 18.3 Å². The van der Waals surface area contributed by atoms with Crippen molar-refractivity contribution in [1.29, 1.82) is 0 Å². The van der Waals surface area contributed by atoms with Crippen LogP contribution in [0.5, 0.6) is 0 Å². The summed E-state index contributed by atoms with van der Waals surface area (Å²) in [4.78, 5) is 0. The monoisotopic (exact) mass is 195 g/mol. The number of nitrogens with one attached hydrogen (secondary N) is 1. The summed E-state index contributed by atoms with van der Waals surface area (Å²) in [5.41, 5.74) is -0.480. The Balaban J connectivity index is 2.23. The number of terminal acetylenes is 1. The van der Waals surface area contributed by atoms with Gasteiger partial charge in [0.2, 0.25) is 0 Å². The van der Waals surface area contributed by atoms with Crippen molar-refractivity contribution < 1.29 is 5.11 Å². The van der Waals surface area contributed by atoms with E-state index in [2.05, 4.69) is 18.2 Å². The van der Waals surface area contributed by atoms with Crippen LogP contribution in [0.1, 0.15) is 39.0 Å². The van der Waals surface area contributed by atoms with Crippen molar-refractivity contribution in [3.63, 3.8) is 0 Å². The molecule has 2 unspecified atom stereocenters. The first-order chi connectivity index (χ1) is 6.66. The van der Waals surface area contributed by atoms with Crippen LogP contribution in [0.2, 0.25) is 0 Å². The lowest BCUT2D eigenvalue weighted by molar-refractivity contribution is -0.0114. The molecule has 2 heteroatoms. The highest BCUT2D eigenvalue weighted by Crippen LogP contribution is 2.31. The minimum Gasteiger partial charge on any atom is -0.389 e. The lowest BCUT2D eigenvalue weighted by atomic mass is 9.79. The van der Waals surface area contributed by atoms with Gasteiger partial charge in [0.1, 0.15) is 0 Å². The molecule has 2 N–H and O–H groups in total. The molecule has 2 nitrogen and oxygen atoms in total. The highest BCUT2D eigenvalue weighted by Gasteiger charge is 2.31. The first-order valence-corrected chi connectivity index (χ1v) is 5.53. The molecule has 0 aromatic carbocycles. The minimum atomic E-state index is -0.480. The van der Waals surface area contributed by atoms with Crippen molar-refractivity contribution in [2.24, 2.45) is 5.92 Å². The summed E-state index contributed by atoms with van der Waals surface area (Å²) < 4.78 is 0. The Kier molecular flexibility index (Phi) is 4.44. The summed E-state index contributed by atoms with van der Waals surface area (Å²) >= 11 is 0. The molecule has 0 aromatic rings. The molecule has 80 valence electrons. The maximum atomic E-state index is 10.2. The van der Waals surface area contributed by atoms with E-state index in [1.54, 1.807) is 0 Å². The molecular formula is C12H21NO. The highest BCUT2D eigenvalue weighted by molar-refractivity contribution is 4.88. The van der Waals surface area contributed by atoms with Crippen molar-refractivity contribution in [2.75, 3.05) is 13.1 Å². The van der Waals surface area contributed by atoms with Crippen LogP contribution in [0.25, 0.3) is 0 Å². The lowest BCUT2D eigenvalue weighted by Crippen LogP contribution is -2.44. The van der Waals surface area contributed by atoms with Gasteiger partial charge in [-0.15, -0.1) is 12.3 Å². The molecule has 14 heavy (non-hydrogen) atoms. The van der Waals surface area contributed by atoms with Crippen LogP contribution in [-0.2, 0) is 0 Å². The van der Waals surface area contributed by atoms with Crippen LogP contribution < -0.4 is 5.32 Å². The molecule has 1 rings (SSSR count). The normalized spacial score (nSPS) is 32.5. The molecule has 1 aliphatic rings. The summed E-state index contributed by atoms with van der Waals surface area (Å²) in [6, 6.07) is 0. The fourth-order valence-corrected chi connectivity index (χ4v) is 2.27. The second-order valence-electron chi connectivity index (χ2n) is 4.56. The third-order valence-corrected chi connectivity index (χ3v) is 2.97. The van der Waals surface area contributed by atoms with Crippen LogP contribution in [0.15, 0.2) is 0 Å². The highest BCUT2D eigenvalue weighted by atomic mass is 16.3. The smallest absolute Gasteiger partial charge is 0.0774 e. The summed E-state index contributed by atoms with van der Waals surface area (Å²) in [6.07, 6.45) is 10.2. The average molecular weight is 195 g/mol. The standard InChI is InChI=1S/C12H21NO/c1-3-4-8-13-10-12(14)7-5-6-11(2)9-12/h1,11,13-14H,4-10H2,2H3. The molecule has 0 heterocycles. The number of rotatable bonds is 4. The van der Waals surface area contributed by atoms with E-state index in [0.29, 0.717) is 12.5 Å². The lowest BCUT2D eigenvalue weighted by Gasteiger charge is -2.35. The number of hydrogen-bond acceptors (Lipinski definition) is 2. The zero-order valence-electron chi connectivity index (χ0n) is 9.05. The third-order valence-electron chi connectivity index (χ3n) is 2.97. The van der Waals surface area contributed by atoms with Crippen molar-refractivity contribution in [1.82, 2.24) is 5.32 Å². The molecule has 0 aliphatic heterocycles. The van der Waals surface area contributed by atoms with E-state index in [1.165, 1.54) is 6.42 Å². The Hall–Kier alpha value is -0.520. The second kappa shape index (κ2) is 5.38. The zero-order chi connectivity index (χ0) is 10.4. The van der Waals surface area contributed by atoms with E-state index in [0.717, 1.165) is 32.2 Å². The van der Waals surface area contributed by atoms with Crippen LogP contribution >= 0.6 is 0 Å². The topological polar surface area (TPSA) is 32.3 Å². The van der Waals surface area contributed by atoms with E-state index in [-0.39, 0.29) is 0 Å². The van der Waals surface area contributed by atoms with Gasteiger partial charge < -0.3 is 10.4 Å². The zero-order valence-corrected chi connectivity index (χ0v) is 9.05. The quantitative estimate of drug-likeness (QED) is 0.527. The van der Waals surface area contributed by atoms with Gasteiger partial charge in [0.25, 0.3) is 0 Å². The van der Waals surface area contributed by atoms with Gasteiger partial charge in [-0.25, -0.2) is 0 Å². The van der Waals surface area contributed by atoms with Crippen LogP contribution in [-0.4, -0.2) is 23.8 Å². The molecule has 1 fully saturated rings. The molecule has 1 aliphatic carbocycles. The van der Waals surface area contributed by atoms with E-state index < -0.39 is 5.60 Å². The predicted octanol–water partition coefficient (Wildman–Crippen LogP) is 1.54. The van der Waals surface area contributed by atoms with Gasteiger partial charge in [0, 0.05) is 19.5 Å². The molecule has 0 spiro atoms. The maximum Gasteiger partial charge on any atom is 0.0774 e. The first kappa shape index (κ1) is 11.6. The van der Waals surface area contributed by atoms with Crippen LogP contribution in [0.3, 0.4) is 0 Å². The molecular weight excluding hydrogens is 174 g/mol. The Morgan fingerprint density at radius 1 is 1.64 bits per heavy atom. The largest absolute Gasteiger partial charge is 0.389 e. The van der Waals surface area contributed by atoms with Gasteiger partial charge in [0.15, 0.2) is 0 Å². The number of hydrogen-bond donors (Lipinski definition) is 2. The fourth-order valence-electron chi connectivity index (χ4n) is 2.27. The van der Waals surface area contributed by atoms with E-state index >= 15 is 0 Å². The minimum absolute atomic E-state index is 0.480. The molecule has 0 radical (unpaired) electrons. The predicted molar refractivity (Wildman–Crippen MR) is 58.9 cm³/mol. The fraction of sp³-hybridized carbons (Fsp3) is 0.833. The summed E-state index contributed by atoms with van der Waals surface area (Å²) in [6.45, 7) is 3.72. The summed E-state index contributed by atoms with van der Waals surface area (Å²) in [5.74, 6) is 3.24. The van der Waals surface area contributed by atoms with Gasteiger partial charge in [-0.3, -0.25) is 0 Å². The first-order valence-electron chi connectivity index (χ1n) is 5.53. The van der Waals surface area contributed by atoms with E-state index in [9.17, 15) is 5.11 Å².